The van der Waals surface area contributed by atoms with Gasteiger partial charge in [-0.3, -0.25) is 4.79 Å². The maximum absolute atomic E-state index is 10.7. The summed E-state index contributed by atoms with van der Waals surface area (Å²) in [6.07, 6.45) is 2.90. The molecule has 0 amide bonds. The fourth-order valence-electron chi connectivity index (χ4n) is 1.57. The van der Waals surface area contributed by atoms with E-state index < -0.39 is 0 Å². The molecule has 1 rings (SSSR count). The van der Waals surface area contributed by atoms with E-state index in [-0.39, 0.29) is 0 Å². The van der Waals surface area contributed by atoms with Crippen molar-refractivity contribution in [3.63, 3.8) is 0 Å². The van der Waals surface area contributed by atoms with Gasteiger partial charge in [0.2, 0.25) is 0 Å². The topological polar surface area (TPSA) is 26.3 Å². The first-order chi connectivity index (χ1) is 7.54. The van der Waals surface area contributed by atoms with E-state index >= 15 is 0 Å². The number of carbonyl (C=O) groups excluding carboxylic acids is 1. The lowest BCUT2D eigenvalue weighted by atomic mass is 10.1. The van der Waals surface area contributed by atoms with E-state index in [0.29, 0.717) is 12.2 Å². The normalized spacial score (nSPS) is 9.75. The third-order valence-corrected chi connectivity index (χ3v) is 2.34. The minimum absolute atomic E-state index is 0.574. The molecule has 0 fully saturated rings. The molecular formula is C14H18O2. The average molecular weight is 218 g/mol. The molecule has 2 heteroatoms. The second-order valence-corrected chi connectivity index (χ2v) is 4.19. The Bertz CT molecular complexity index is 390. The first-order valence-corrected chi connectivity index (χ1v) is 5.37. The number of rotatable bonds is 4. The fourth-order valence-corrected chi connectivity index (χ4v) is 1.57. The molecule has 0 saturated heterocycles. The molecule has 0 unspecified atom stereocenters. The summed E-state index contributed by atoms with van der Waals surface area (Å²) in [6, 6.07) is 3.69. The summed E-state index contributed by atoms with van der Waals surface area (Å²) in [6.45, 7) is 8.57. The number of ether oxygens (including phenoxy) is 1. The molecule has 0 saturated carbocycles. The molecule has 0 aliphatic rings. The SMILES string of the molecule is CC(C)=CCOc1c(C)cc(C=O)cc1C. The van der Waals surface area contributed by atoms with Gasteiger partial charge in [0.1, 0.15) is 18.6 Å². The van der Waals surface area contributed by atoms with E-state index in [0.717, 1.165) is 23.2 Å². The van der Waals surface area contributed by atoms with Crippen LogP contribution in [0.2, 0.25) is 0 Å². The zero-order valence-electron chi connectivity index (χ0n) is 10.3. The second-order valence-electron chi connectivity index (χ2n) is 4.19. The van der Waals surface area contributed by atoms with Gasteiger partial charge in [0, 0.05) is 5.56 Å². The van der Waals surface area contributed by atoms with Crippen molar-refractivity contribution in [1.82, 2.24) is 0 Å². The standard InChI is InChI=1S/C14H18O2/c1-10(2)5-6-16-14-11(3)7-13(9-15)8-12(14)4/h5,7-9H,6H2,1-4H3. The van der Waals surface area contributed by atoms with Crippen LogP contribution in [-0.2, 0) is 0 Å². The summed E-state index contributed by atoms with van der Waals surface area (Å²) in [7, 11) is 0. The van der Waals surface area contributed by atoms with Crippen molar-refractivity contribution < 1.29 is 9.53 Å². The smallest absolute Gasteiger partial charge is 0.150 e. The highest BCUT2D eigenvalue weighted by atomic mass is 16.5. The van der Waals surface area contributed by atoms with Crippen LogP contribution in [0.4, 0.5) is 0 Å². The third kappa shape index (κ3) is 3.23. The molecule has 0 aromatic heterocycles. The van der Waals surface area contributed by atoms with Crippen molar-refractivity contribution in [1.29, 1.82) is 0 Å². The maximum atomic E-state index is 10.7. The summed E-state index contributed by atoms with van der Waals surface area (Å²) in [4.78, 5) is 10.7. The summed E-state index contributed by atoms with van der Waals surface area (Å²) >= 11 is 0. The molecule has 0 spiro atoms. The minimum Gasteiger partial charge on any atom is -0.489 e. The number of carbonyl (C=O) groups is 1. The number of aldehydes is 1. The predicted molar refractivity (Wildman–Crippen MR) is 66.2 cm³/mol. The molecule has 0 aliphatic carbocycles. The molecule has 0 radical (unpaired) electrons. The Labute approximate surface area is 96.9 Å². The monoisotopic (exact) mass is 218 g/mol. The van der Waals surface area contributed by atoms with Crippen LogP contribution in [-0.4, -0.2) is 12.9 Å². The lowest BCUT2D eigenvalue weighted by molar-refractivity contribution is 0.112. The van der Waals surface area contributed by atoms with Crippen LogP contribution >= 0.6 is 0 Å². The van der Waals surface area contributed by atoms with E-state index in [1.165, 1.54) is 5.57 Å². The molecule has 2 nitrogen and oxygen atoms in total. The van der Waals surface area contributed by atoms with Crippen molar-refractivity contribution in [2.75, 3.05) is 6.61 Å². The van der Waals surface area contributed by atoms with Gasteiger partial charge in [-0.2, -0.15) is 0 Å². The Morgan fingerprint density at radius 2 is 1.81 bits per heavy atom. The van der Waals surface area contributed by atoms with Gasteiger partial charge < -0.3 is 4.74 Å². The number of benzene rings is 1. The van der Waals surface area contributed by atoms with E-state index in [1.54, 1.807) is 0 Å². The largest absolute Gasteiger partial charge is 0.489 e. The zero-order valence-corrected chi connectivity index (χ0v) is 10.3. The lowest BCUT2D eigenvalue weighted by Gasteiger charge is -2.11. The second kappa shape index (κ2) is 5.50. The number of aryl methyl sites for hydroxylation is 2. The Kier molecular flexibility index (Phi) is 4.29. The van der Waals surface area contributed by atoms with Crippen LogP contribution in [0.3, 0.4) is 0 Å². The Morgan fingerprint density at radius 3 is 2.25 bits per heavy atom. The van der Waals surface area contributed by atoms with Crippen molar-refractivity contribution in [2.24, 2.45) is 0 Å². The molecule has 0 atom stereocenters. The molecule has 1 aromatic rings. The van der Waals surface area contributed by atoms with Crippen LogP contribution < -0.4 is 4.74 Å². The van der Waals surface area contributed by atoms with E-state index in [9.17, 15) is 4.79 Å². The highest BCUT2D eigenvalue weighted by Crippen LogP contribution is 2.24. The van der Waals surface area contributed by atoms with E-state index in [2.05, 4.69) is 0 Å². The van der Waals surface area contributed by atoms with Crippen LogP contribution in [0, 0.1) is 13.8 Å². The third-order valence-electron chi connectivity index (χ3n) is 2.34. The molecule has 1 aromatic carbocycles. The van der Waals surface area contributed by atoms with E-state index in [1.807, 2.05) is 45.9 Å². The van der Waals surface area contributed by atoms with Crippen molar-refractivity contribution in [3.8, 4) is 5.75 Å². The lowest BCUT2D eigenvalue weighted by Crippen LogP contribution is -1.99. The molecule has 0 aliphatic heterocycles. The highest BCUT2D eigenvalue weighted by Gasteiger charge is 2.05. The first kappa shape index (κ1) is 12.5. The van der Waals surface area contributed by atoms with Crippen LogP contribution in [0.15, 0.2) is 23.8 Å². The van der Waals surface area contributed by atoms with Crippen LogP contribution in [0.25, 0.3) is 0 Å². The number of hydrogen-bond donors (Lipinski definition) is 0. The number of hydrogen-bond acceptors (Lipinski definition) is 2. The fraction of sp³-hybridized carbons (Fsp3) is 0.357. The molecule has 0 bridgehead atoms. The van der Waals surface area contributed by atoms with Gasteiger partial charge in [0.05, 0.1) is 0 Å². The predicted octanol–water partition coefficient (Wildman–Crippen LogP) is 3.46. The summed E-state index contributed by atoms with van der Waals surface area (Å²) < 4.78 is 5.69. The molecular weight excluding hydrogens is 200 g/mol. The molecule has 16 heavy (non-hydrogen) atoms. The van der Waals surface area contributed by atoms with Gasteiger partial charge >= 0.3 is 0 Å². The molecule has 0 heterocycles. The maximum Gasteiger partial charge on any atom is 0.150 e. The van der Waals surface area contributed by atoms with E-state index in [4.69, 9.17) is 4.74 Å². The summed E-state index contributed by atoms with van der Waals surface area (Å²) in [5.41, 5.74) is 3.94. The van der Waals surface area contributed by atoms with Crippen molar-refractivity contribution >= 4 is 6.29 Å². The summed E-state index contributed by atoms with van der Waals surface area (Å²) in [5, 5.41) is 0. The number of allylic oxidation sites excluding steroid dienone is 1. The highest BCUT2D eigenvalue weighted by molar-refractivity contribution is 5.76. The Balaban J connectivity index is 2.88. The Hall–Kier alpha value is -1.57. The zero-order chi connectivity index (χ0) is 12.1. The Morgan fingerprint density at radius 1 is 1.25 bits per heavy atom. The molecule has 0 N–H and O–H groups in total. The van der Waals surface area contributed by atoms with Gasteiger partial charge in [-0.1, -0.05) is 5.57 Å². The minimum atomic E-state index is 0.574. The van der Waals surface area contributed by atoms with Gasteiger partial charge in [-0.15, -0.1) is 0 Å². The van der Waals surface area contributed by atoms with Crippen molar-refractivity contribution in [3.05, 3.63) is 40.5 Å². The van der Waals surface area contributed by atoms with Gasteiger partial charge in [0.15, 0.2) is 0 Å². The van der Waals surface area contributed by atoms with Gasteiger partial charge in [-0.25, -0.2) is 0 Å². The van der Waals surface area contributed by atoms with Crippen LogP contribution in [0.5, 0.6) is 5.75 Å². The van der Waals surface area contributed by atoms with Crippen LogP contribution in [0.1, 0.15) is 35.3 Å². The average Bonchev–Trinajstić information content (AvgIpc) is 2.21. The van der Waals surface area contributed by atoms with Crippen molar-refractivity contribution in [2.45, 2.75) is 27.7 Å². The first-order valence-electron chi connectivity index (χ1n) is 5.37. The summed E-state index contributed by atoms with van der Waals surface area (Å²) in [5.74, 6) is 0.878. The quantitative estimate of drug-likeness (QED) is 0.571. The van der Waals surface area contributed by atoms with Gasteiger partial charge in [-0.05, 0) is 57.0 Å². The van der Waals surface area contributed by atoms with Gasteiger partial charge in [0.25, 0.3) is 0 Å². The molecule has 86 valence electrons.